The highest BCUT2D eigenvalue weighted by Gasteiger charge is 2.39. The summed E-state index contributed by atoms with van der Waals surface area (Å²) in [6, 6.07) is 0. The first-order chi connectivity index (χ1) is 12.2. The molecule has 0 aromatic carbocycles. The first-order valence-corrected chi connectivity index (χ1v) is 9.71. The van der Waals surface area contributed by atoms with Gasteiger partial charge in [-0.1, -0.05) is 11.6 Å². The highest BCUT2D eigenvalue weighted by molar-refractivity contribution is 7.58. The topological polar surface area (TPSA) is 99.6 Å². The second-order valence-electron chi connectivity index (χ2n) is 5.27. The van der Waals surface area contributed by atoms with Gasteiger partial charge in [0.15, 0.2) is 0 Å². The molecule has 3 atom stereocenters. The van der Waals surface area contributed by atoms with Gasteiger partial charge >= 0.3 is 13.3 Å². The van der Waals surface area contributed by atoms with Gasteiger partial charge in [0.2, 0.25) is 5.57 Å². The van der Waals surface area contributed by atoms with Gasteiger partial charge in [-0.25, -0.2) is 9.18 Å². The Morgan fingerprint density at radius 1 is 1.46 bits per heavy atom. The van der Waals surface area contributed by atoms with E-state index >= 15 is 0 Å². The zero-order valence-electron chi connectivity index (χ0n) is 14.0. The lowest BCUT2D eigenvalue weighted by atomic mass is 10.2. The lowest BCUT2D eigenvalue weighted by molar-refractivity contribution is 0.0125. The van der Waals surface area contributed by atoms with Gasteiger partial charge in [0.25, 0.3) is 5.56 Å². The van der Waals surface area contributed by atoms with Crippen LogP contribution in [0.4, 0.5) is 8.78 Å². The zero-order valence-corrected chi connectivity index (χ0v) is 15.6. The van der Waals surface area contributed by atoms with Crippen molar-refractivity contribution in [2.24, 2.45) is 0 Å². The predicted molar refractivity (Wildman–Crippen MR) is 89.8 cm³/mol. The van der Waals surface area contributed by atoms with E-state index in [0.717, 1.165) is 10.8 Å². The first kappa shape index (κ1) is 21.0. The number of aromatic amines is 1. The van der Waals surface area contributed by atoms with Gasteiger partial charge < -0.3 is 13.8 Å². The molecule has 1 saturated heterocycles. The van der Waals surface area contributed by atoms with Crippen LogP contribution in [0.15, 0.2) is 27.4 Å². The van der Waals surface area contributed by atoms with E-state index in [-0.39, 0.29) is 24.7 Å². The molecular formula is C14H18ClF2N2O6P. The second-order valence-corrected chi connectivity index (χ2v) is 7.62. The largest absolute Gasteiger partial charge is 0.389 e. The Kier molecular flexibility index (Phi) is 6.92. The summed E-state index contributed by atoms with van der Waals surface area (Å²) in [6.45, 7) is 2.87. The van der Waals surface area contributed by atoms with Crippen LogP contribution in [0.1, 0.15) is 26.5 Å². The minimum atomic E-state index is -4.19. The molecule has 2 rings (SSSR count). The van der Waals surface area contributed by atoms with Gasteiger partial charge in [-0.2, -0.15) is 4.39 Å². The van der Waals surface area contributed by atoms with Gasteiger partial charge in [0.1, 0.15) is 23.5 Å². The number of ether oxygens (including phenoxy) is 1. The smallest absolute Gasteiger partial charge is 0.347 e. The van der Waals surface area contributed by atoms with Gasteiger partial charge in [0.05, 0.1) is 13.2 Å². The van der Waals surface area contributed by atoms with Crippen molar-refractivity contribution in [3.8, 4) is 0 Å². The Morgan fingerprint density at radius 2 is 2.08 bits per heavy atom. The van der Waals surface area contributed by atoms with E-state index in [9.17, 15) is 22.9 Å². The van der Waals surface area contributed by atoms with Crippen molar-refractivity contribution in [3.05, 3.63) is 43.7 Å². The minimum absolute atomic E-state index is 0.0724. The average Bonchev–Trinajstić information content (AvgIpc) is 2.92. The summed E-state index contributed by atoms with van der Waals surface area (Å²) in [5.74, 6) is 0. The highest BCUT2D eigenvalue weighted by Crippen LogP contribution is 2.57. The fraction of sp³-hybridized carbons (Fsp3) is 0.571. The molecule has 0 saturated carbocycles. The monoisotopic (exact) mass is 414 g/mol. The molecule has 0 amide bonds. The van der Waals surface area contributed by atoms with Crippen LogP contribution in [-0.2, 0) is 18.3 Å². The van der Waals surface area contributed by atoms with E-state index in [1.54, 1.807) is 0 Å². The molecule has 26 heavy (non-hydrogen) atoms. The minimum Gasteiger partial charge on any atom is -0.347 e. The third-order valence-corrected chi connectivity index (χ3v) is 5.63. The maximum absolute atomic E-state index is 14.3. The SMILES string of the molecule is CCOP(=O)(OCC)C(F)=C[C@@H]1O[C@H](n2cc(Cl)c(=O)[nH]c2=O)CC1F. The van der Waals surface area contributed by atoms with E-state index in [1.807, 2.05) is 4.98 Å². The van der Waals surface area contributed by atoms with Gasteiger partial charge in [0, 0.05) is 12.6 Å². The quantitative estimate of drug-likeness (QED) is 0.689. The van der Waals surface area contributed by atoms with E-state index in [1.165, 1.54) is 13.8 Å². The van der Waals surface area contributed by atoms with Crippen molar-refractivity contribution in [2.45, 2.75) is 38.8 Å². The first-order valence-electron chi connectivity index (χ1n) is 7.79. The highest BCUT2D eigenvalue weighted by atomic mass is 35.5. The number of halogens is 3. The van der Waals surface area contributed by atoms with Crippen molar-refractivity contribution >= 4 is 19.2 Å². The molecule has 0 aliphatic carbocycles. The third kappa shape index (κ3) is 4.50. The van der Waals surface area contributed by atoms with Crippen LogP contribution < -0.4 is 11.2 Å². The van der Waals surface area contributed by atoms with Crippen LogP contribution in [0.25, 0.3) is 0 Å². The number of rotatable bonds is 7. The summed E-state index contributed by atoms with van der Waals surface area (Å²) < 4.78 is 56.8. The lowest BCUT2D eigenvalue weighted by Crippen LogP contribution is -2.32. The number of H-pyrrole nitrogens is 1. The number of nitrogens with zero attached hydrogens (tertiary/aromatic N) is 1. The van der Waals surface area contributed by atoms with E-state index < -0.39 is 42.9 Å². The Hall–Kier alpha value is -1.32. The summed E-state index contributed by atoms with van der Waals surface area (Å²) in [6.07, 6.45) is -2.86. The molecule has 8 nitrogen and oxygen atoms in total. The van der Waals surface area contributed by atoms with Gasteiger partial charge in [-0.15, -0.1) is 0 Å². The molecule has 12 heteroatoms. The standard InChI is InChI=1S/C14H18ClF2N2O6P/c1-3-23-26(22,24-4-2)11(17)6-10-9(16)5-12(25-10)19-7-8(15)13(20)18-14(19)21/h6-7,9-10,12H,3-5H2,1-2H3,(H,18,20,21)/t9?,10-,12-/m0/s1. The third-order valence-electron chi connectivity index (χ3n) is 3.49. The number of aromatic nitrogens is 2. The fourth-order valence-electron chi connectivity index (χ4n) is 2.37. The Balaban J connectivity index is 2.26. The molecule has 1 unspecified atom stereocenters. The molecule has 1 aromatic rings. The molecule has 146 valence electrons. The summed E-state index contributed by atoms with van der Waals surface area (Å²) in [5, 5.41) is -0.286. The predicted octanol–water partition coefficient (Wildman–Crippen LogP) is 2.89. The van der Waals surface area contributed by atoms with Crippen LogP contribution in [0.2, 0.25) is 5.02 Å². The average molecular weight is 415 g/mol. The van der Waals surface area contributed by atoms with Crippen LogP contribution in [-0.4, -0.2) is 35.0 Å². The van der Waals surface area contributed by atoms with Crippen LogP contribution in [0.5, 0.6) is 0 Å². The van der Waals surface area contributed by atoms with E-state index in [0.29, 0.717) is 6.08 Å². The van der Waals surface area contributed by atoms with Gasteiger partial charge in [-0.3, -0.25) is 18.9 Å². The second kappa shape index (κ2) is 8.58. The molecule has 1 fully saturated rings. The van der Waals surface area contributed by atoms with Crippen LogP contribution in [0, 0.1) is 0 Å². The normalized spacial score (nSPS) is 24.2. The maximum atomic E-state index is 14.3. The molecule has 0 radical (unpaired) electrons. The summed E-state index contributed by atoms with van der Waals surface area (Å²) in [4.78, 5) is 25.1. The Bertz CT molecular complexity index is 831. The van der Waals surface area contributed by atoms with Crippen molar-refractivity contribution in [1.82, 2.24) is 9.55 Å². The number of hydrogen-bond acceptors (Lipinski definition) is 6. The molecule has 0 bridgehead atoms. The summed E-state index contributed by atoms with van der Waals surface area (Å²) in [7, 11) is -4.19. The van der Waals surface area contributed by atoms with Gasteiger partial charge in [-0.05, 0) is 19.9 Å². The van der Waals surface area contributed by atoms with E-state index in [2.05, 4.69) is 0 Å². The van der Waals surface area contributed by atoms with Crippen molar-refractivity contribution < 1.29 is 27.1 Å². The molecule has 1 aromatic heterocycles. The molecule has 1 aliphatic rings. The molecule has 2 heterocycles. The Morgan fingerprint density at radius 3 is 2.65 bits per heavy atom. The fourth-order valence-corrected chi connectivity index (χ4v) is 3.86. The molecule has 1 aliphatic heterocycles. The summed E-state index contributed by atoms with van der Waals surface area (Å²) >= 11 is 5.66. The lowest BCUT2D eigenvalue weighted by Gasteiger charge is -2.17. The Labute approximate surface area is 152 Å². The maximum Gasteiger partial charge on any atom is 0.389 e. The number of nitrogens with one attached hydrogen (secondary N) is 1. The van der Waals surface area contributed by atoms with Crippen LogP contribution in [0.3, 0.4) is 0 Å². The van der Waals surface area contributed by atoms with E-state index in [4.69, 9.17) is 25.4 Å². The molecular weight excluding hydrogens is 397 g/mol. The number of hydrogen-bond donors (Lipinski definition) is 1. The molecule has 0 spiro atoms. The summed E-state index contributed by atoms with van der Waals surface area (Å²) in [5.41, 5.74) is -2.92. The number of alkyl halides is 1. The van der Waals surface area contributed by atoms with Crippen molar-refractivity contribution in [1.29, 1.82) is 0 Å². The van der Waals surface area contributed by atoms with Crippen LogP contribution >= 0.6 is 19.2 Å². The van der Waals surface area contributed by atoms with Crippen molar-refractivity contribution in [2.75, 3.05) is 13.2 Å². The molecule has 1 N–H and O–H groups in total. The zero-order chi connectivity index (χ0) is 19.5. The van der Waals surface area contributed by atoms with Crippen molar-refractivity contribution in [3.63, 3.8) is 0 Å².